The van der Waals surface area contributed by atoms with Gasteiger partial charge in [-0.15, -0.1) is 11.3 Å². The van der Waals surface area contributed by atoms with E-state index in [9.17, 15) is 5.11 Å². The number of nitrogens with zero attached hydrogens (tertiary/aromatic N) is 2. The second-order valence-corrected chi connectivity index (χ2v) is 6.28. The maximum absolute atomic E-state index is 9.67. The number of aromatic hydroxyl groups is 1. The van der Waals surface area contributed by atoms with Gasteiger partial charge >= 0.3 is 0 Å². The van der Waals surface area contributed by atoms with E-state index in [0.717, 1.165) is 42.6 Å². The van der Waals surface area contributed by atoms with E-state index in [-0.39, 0.29) is 5.75 Å². The normalized spacial score (nSPS) is 19.3. The molecule has 1 aliphatic heterocycles. The Morgan fingerprint density at radius 2 is 2.36 bits per heavy atom. The molecule has 6 heteroatoms. The summed E-state index contributed by atoms with van der Waals surface area (Å²) in [5.41, 5.74) is 2.03. The van der Waals surface area contributed by atoms with Crippen LogP contribution in [0.2, 0.25) is 0 Å². The number of benzene rings is 1. The van der Waals surface area contributed by atoms with E-state index >= 15 is 0 Å². The molecule has 0 aliphatic carbocycles. The van der Waals surface area contributed by atoms with Gasteiger partial charge in [-0.2, -0.15) is 0 Å². The number of rotatable bonds is 4. The molecule has 1 atom stereocenters. The van der Waals surface area contributed by atoms with Crippen molar-refractivity contribution in [3.8, 4) is 22.1 Å². The van der Waals surface area contributed by atoms with Crippen LogP contribution >= 0.6 is 11.3 Å². The highest BCUT2D eigenvalue weighted by molar-refractivity contribution is 7.13. The number of phenolic OH excluding ortho intramolecular Hbond substituents is 1. The molecular formula is C16H20N2O3S. The molecule has 1 aliphatic rings. The van der Waals surface area contributed by atoms with Gasteiger partial charge in [0.15, 0.2) is 11.5 Å². The van der Waals surface area contributed by atoms with Gasteiger partial charge < -0.3 is 14.6 Å². The number of methoxy groups -OCH3 is 1. The molecule has 1 aromatic heterocycles. The summed E-state index contributed by atoms with van der Waals surface area (Å²) in [7, 11) is 1.55. The molecule has 1 N–H and O–H groups in total. The van der Waals surface area contributed by atoms with Gasteiger partial charge in [-0.3, -0.25) is 4.90 Å². The Labute approximate surface area is 134 Å². The van der Waals surface area contributed by atoms with Crippen LogP contribution < -0.4 is 4.74 Å². The van der Waals surface area contributed by atoms with E-state index in [0.29, 0.717) is 11.8 Å². The molecule has 5 nitrogen and oxygen atoms in total. The smallest absolute Gasteiger partial charge is 0.161 e. The molecule has 0 saturated carbocycles. The van der Waals surface area contributed by atoms with Crippen LogP contribution in [0.3, 0.4) is 0 Å². The zero-order chi connectivity index (χ0) is 15.5. The molecular weight excluding hydrogens is 300 g/mol. The lowest BCUT2D eigenvalue weighted by Crippen LogP contribution is -2.42. The van der Waals surface area contributed by atoms with E-state index in [1.54, 1.807) is 24.5 Å². The third-order valence-electron chi connectivity index (χ3n) is 3.85. The quantitative estimate of drug-likeness (QED) is 0.939. The molecule has 2 aromatic rings. The van der Waals surface area contributed by atoms with Crippen molar-refractivity contribution in [2.24, 2.45) is 0 Å². The molecule has 3 rings (SSSR count). The van der Waals surface area contributed by atoms with Crippen molar-refractivity contribution >= 4 is 11.3 Å². The molecule has 22 heavy (non-hydrogen) atoms. The minimum absolute atomic E-state index is 0.144. The molecule has 1 saturated heterocycles. The first kappa shape index (κ1) is 15.3. The van der Waals surface area contributed by atoms with Crippen molar-refractivity contribution in [1.29, 1.82) is 0 Å². The third kappa shape index (κ3) is 3.24. The summed E-state index contributed by atoms with van der Waals surface area (Å²) in [5, 5.41) is 12.7. The van der Waals surface area contributed by atoms with Crippen LogP contribution in [-0.4, -0.2) is 47.9 Å². The first-order valence-corrected chi connectivity index (χ1v) is 8.19. The summed E-state index contributed by atoms with van der Waals surface area (Å²) in [4.78, 5) is 7.10. The predicted molar refractivity (Wildman–Crippen MR) is 86.5 cm³/mol. The highest BCUT2D eigenvalue weighted by Gasteiger charge is 2.20. The Balaban J connectivity index is 1.76. The van der Waals surface area contributed by atoms with Gasteiger partial charge in [0.1, 0.15) is 5.01 Å². The van der Waals surface area contributed by atoms with Gasteiger partial charge in [0, 0.05) is 30.1 Å². The number of aromatic nitrogens is 1. The summed E-state index contributed by atoms with van der Waals surface area (Å²) in [6.07, 6.45) is 0. The van der Waals surface area contributed by atoms with Crippen LogP contribution in [0, 0.1) is 0 Å². The van der Waals surface area contributed by atoms with Gasteiger partial charge in [0.25, 0.3) is 0 Å². The molecule has 1 aromatic carbocycles. The minimum Gasteiger partial charge on any atom is -0.504 e. The number of hydrogen-bond donors (Lipinski definition) is 1. The fourth-order valence-electron chi connectivity index (χ4n) is 2.53. The largest absolute Gasteiger partial charge is 0.504 e. The summed E-state index contributed by atoms with van der Waals surface area (Å²) in [6.45, 7) is 5.54. The number of phenols is 1. The maximum atomic E-state index is 9.67. The van der Waals surface area contributed by atoms with Crippen LogP contribution in [0.1, 0.15) is 12.6 Å². The van der Waals surface area contributed by atoms with Gasteiger partial charge in [0.2, 0.25) is 0 Å². The maximum Gasteiger partial charge on any atom is 0.161 e. The lowest BCUT2D eigenvalue weighted by molar-refractivity contribution is -0.00482. The van der Waals surface area contributed by atoms with Crippen molar-refractivity contribution in [1.82, 2.24) is 9.88 Å². The standard InChI is InChI=1S/C16H20N2O3S/c1-11-9-21-6-5-18(11)8-13-10-22-16(17-13)12-3-4-14(19)15(7-12)20-2/h3-4,7,10-11,19H,5-6,8-9H2,1-2H3/t11-/m0/s1. The summed E-state index contributed by atoms with van der Waals surface area (Å²) >= 11 is 1.61. The van der Waals surface area contributed by atoms with Crippen LogP contribution in [-0.2, 0) is 11.3 Å². The highest BCUT2D eigenvalue weighted by atomic mass is 32.1. The first-order chi connectivity index (χ1) is 10.7. The zero-order valence-electron chi connectivity index (χ0n) is 12.8. The average Bonchev–Trinajstić information content (AvgIpc) is 2.99. The molecule has 0 unspecified atom stereocenters. The number of ether oxygens (including phenoxy) is 2. The van der Waals surface area contributed by atoms with Gasteiger partial charge in [-0.05, 0) is 25.1 Å². The van der Waals surface area contributed by atoms with Gasteiger partial charge in [-0.25, -0.2) is 4.98 Å². The molecule has 0 radical (unpaired) electrons. The summed E-state index contributed by atoms with van der Waals surface area (Å²) < 4.78 is 10.6. The van der Waals surface area contributed by atoms with E-state index in [1.807, 2.05) is 12.1 Å². The molecule has 0 bridgehead atoms. The average molecular weight is 320 g/mol. The second kappa shape index (κ2) is 6.64. The van der Waals surface area contributed by atoms with Crippen molar-refractivity contribution in [3.63, 3.8) is 0 Å². The third-order valence-corrected chi connectivity index (χ3v) is 4.79. The van der Waals surface area contributed by atoms with Crippen LogP contribution in [0.5, 0.6) is 11.5 Å². The lowest BCUT2D eigenvalue weighted by Gasteiger charge is -2.32. The van der Waals surface area contributed by atoms with Crippen LogP contribution in [0.4, 0.5) is 0 Å². The van der Waals surface area contributed by atoms with E-state index in [4.69, 9.17) is 14.5 Å². The van der Waals surface area contributed by atoms with Crippen LogP contribution in [0.15, 0.2) is 23.6 Å². The predicted octanol–water partition coefficient (Wildman–Crippen LogP) is 2.75. The Morgan fingerprint density at radius 1 is 1.50 bits per heavy atom. The van der Waals surface area contributed by atoms with Gasteiger partial charge in [0.05, 0.1) is 26.0 Å². The zero-order valence-corrected chi connectivity index (χ0v) is 13.6. The van der Waals surface area contributed by atoms with E-state index < -0.39 is 0 Å². The monoisotopic (exact) mass is 320 g/mol. The topological polar surface area (TPSA) is 54.8 Å². The second-order valence-electron chi connectivity index (χ2n) is 5.43. The van der Waals surface area contributed by atoms with Crippen molar-refractivity contribution in [2.75, 3.05) is 26.9 Å². The fourth-order valence-corrected chi connectivity index (χ4v) is 3.34. The Hall–Kier alpha value is -1.63. The Morgan fingerprint density at radius 3 is 3.14 bits per heavy atom. The minimum atomic E-state index is 0.144. The van der Waals surface area contributed by atoms with E-state index in [2.05, 4.69) is 17.2 Å². The number of hydrogen-bond acceptors (Lipinski definition) is 6. The van der Waals surface area contributed by atoms with Gasteiger partial charge in [-0.1, -0.05) is 0 Å². The first-order valence-electron chi connectivity index (χ1n) is 7.31. The molecule has 0 amide bonds. The van der Waals surface area contributed by atoms with Crippen LogP contribution in [0.25, 0.3) is 10.6 Å². The Kier molecular flexibility index (Phi) is 4.61. The summed E-state index contributed by atoms with van der Waals surface area (Å²) in [5.74, 6) is 0.612. The highest BCUT2D eigenvalue weighted by Crippen LogP contribution is 2.33. The van der Waals surface area contributed by atoms with Crippen molar-refractivity contribution in [2.45, 2.75) is 19.5 Å². The molecule has 118 valence electrons. The lowest BCUT2D eigenvalue weighted by atomic mass is 10.2. The SMILES string of the molecule is COc1cc(-c2nc(CN3CCOC[C@@H]3C)cs2)ccc1O. The molecule has 0 spiro atoms. The fraction of sp³-hybridized carbons (Fsp3) is 0.438. The molecule has 1 fully saturated rings. The summed E-state index contributed by atoms with van der Waals surface area (Å²) in [6, 6.07) is 5.74. The number of morpholine rings is 1. The molecule has 2 heterocycles. The van der Waals surface area contributed by atoms with Crippen molar-refractivity contribution < 1.29 is 14.6 Å². The van der Waals surface area contributed by atoms with Crippen molar-refractivity contribution in [3.05, 3.63) is 29.3 Å². The van der Waals surface area contributed by atoms with E-state index in [1.165, 1.54) is 0 Å². The Bertz CT molecular complexity index is 644. The number of thiazole rings is 1.